The minimum atomic E-state index is -0.372. The molecule has 0 spiro atoms. The van der Waals surface area contributed by atoms with Crippen LogP contribution in [0.15, 0.2) is 18.2 Å². The average molecular weight is 257 g/mol. The minimum absolute atomic E-state index is 0.0452. The number of Topliss-reactive ketones (excluding diaryl/α,β-unsaturated/α-hetero) is 1. The summed E-state index contributed by atoms with van der Waals surface area (Å²) in [5.74, 6) is -0.387. The summed E-state index contributed by atoms with van der Waals surface area (Å²) in [6, 6.07) is 4.42. The van der Waals surface area contributed by atoms with Crippen LogP contribution in [-0.2, 0) is 0 Å². The highest BCUT2D eigenvalue weighted by Gasteiger charge is 2.17. The number of aromatic hydroxyl groups is 1. The van der Waals surface area contributed by atoms with Crippen molar-refractivity contribution in [3.05, 3.63) is 29.3 Å². The van der Waals surface area contributed by atoms with E-state index in [2.05, 4.69) is 15.9 Å². The highest BCUT2D eigenvalue weighted by atomic mass is 79.9. The normalized spacial score (nSPS) is 12.1. The Morgan fingerprint density at radius 1 is 1.57 bits per heavy atom. The van der Waals surface area contributed by atoms with Crippen LogP contribution in [0.25, 0.3) is 0 Å². The molecule has 1 unspecified atom stereocenters. The molecule has 0 fully saturated rings. The van der Waals surface area contributed by atoms with Gasteiger partial charge in [0.15, 0.2) is 12.1 Å². The van der Waals surface area contributed by atoms with Gasteiger partial charge in [0.2, 0.25) is 0 Å². The van der Waals surface area contributed by atoms with Crippen molar-refractivity contribution in [1.29, 1.82) is 0 Å². The second-order valence-electron chi connectivity index (χ2n) is 2.84. The van der Waals surface area contributed by atoms with Gasteiger partial charge in [-0.25, -0.2) is 0 Å². The van der Waals surface area contributed by atoms with Crippen molar-refractivity contribution in [3.63, 3.8) is 0 Å². The van der Waals surface area contributed by atoms with Gasteiger partial charge < -0.3 is 5.11 Å². The SMILES string of the molecule is CC(Br)C(=O)c1cccc(O)c1C=O. The third kappa shape index (κ3) is 2.01. The van der Waals surface area contributed by atoms with Crippen LogP contribution >= 0.6 is 15.9 Å². The highest BCUT2D eigenvalue weighted by Crippen LogP contribution is 2.21. The molecule has 0 aliphatic rings. The molecule has 1 aromatic carbocycles. The Morgan fingerprint density at radius 2 is 2.21 bits per heavy atom. The van der Waals surface area contributed by atoms with Crippen molar-refractivity contribution in [2.75, 3.05) is 0 Å². The monoisotopic (exact) mass is 256 g/mol. The van der Waals surface area contributed by atoms with Gasteiger partial charge in [0, 0.05) is 5.56 Å². The number of alkyl halides is 1. The number of rotatable bonds is 3. The molecule has 1 rings (SSSR count). The first kappa shape index (κ1) is 10.9. The Balaban J connectivity index is 3.27. The summed E-state index contributed by atoms with van der Waals surface area (Å²) in [4.78, 5) is 21.8. The van der Waals surface area contributed by atoms with Gasteiger partial charge in [-0.1, -0.05) is 28.1 Å². The van der Waals surface area contributed by atoms with Crippen LogP contribution in [0.1, 0.15) is 27.6 Å². The predicted molar refractivity (Wildman–Crippen MR) is 56.2 cm³/mol. The molecule has 4 heteroatoms. The van der Waals surface area contributed by atoms with Crippen LogP contribution < -0.4 is 0 Å². The van der Waals surface area contributed by atoms with Gasteiger partial charge in [0.1, 0.15) is 5.75 Å². The molecule has 0 aromatic heterocycles. The van der Waals surface area contributed by atoms with Crippen LogP contribution in [0.3, 0.4) is 0 Å². The van der Waals surface area contributed by atoms with Crippen molar-refractivity contribution < 1.29 is 14.7 Å². The Labute approximate surface area is 89.9 Å². The van der Waals surface area contributed by atoms with E-state index in [1.807, 2.05) is 0 Å². The lowest BCUT2D eigenvalue weighted by atomic mass is 10.0. The second kappa shape index (κ2) is 4.37. The van der Waals surface area contributed by atoms with Gasteiger partial charge in [0.25, 0.3) is 0 Å². The third-order valence-electron chi connectivity index (χ3n) is 1.83. The number of carbonyl (C=O) groups excluding carboxylic acids is 2. The zero-order valence-corrected chi connectivity index (χ0v) is 9.11. The fraction of sp³-hybridized carbons (Fsp3) is 0.200. The van der Waals surface area contributed by atoms with E-state index >= 15 is 0 Å². The molecule has 0 bridgehead atoms. The lowest BCUT2D eigenvalue weighted by molar-refractivity contribution is 0.0988. The lowest BCUT2D eigenvalue weighted by Crippen LogP contribution is -2.12. The van der Waals surface area contributed by atoms with E-state index in [-0.39, 0.29) is 27.5 Å². The largest absolute Gasteiger partial charge is 0.507 e. The maximum absolute atomic E-state index is 11.6. The first-order valence-corrected chi connectivity index (χ1v) is 4.95. The molecule has 0 saturated carbocycles. The van der Waals surface area contributed by atoms with Crippen LogP contribution in [0.2, 0.25) is 0 Å². The van der Waals surface area contributed by atoms with Crippen molar-refractivity contribution in [2.24, 2.45) is 0 Å². The summed E-state index contributed by atoms with van der Waals surface area (Å²) in [7, 11) is 0. The van der Waals surface area contributed by atoms with E-state index in [4.69, 9.17) is 0 Å². The number of carbonyl (C=O) groups is 2. The van der Waals surface area contributed by atoms with Gasteiger partial charge in [-0.05, 0) is 13.0 Å². The number of benzene rings is 1. The van der Waals surface area contributed by atoms with E-state index in [1.54, 1.807) is 6.92 Å². The second-order valence-corrected chi connectivity index (χ2v) is 4.21. The Morgan fingerprint density at radius 3 is 2.71 bits per heavy atom. The Hall–Kier alpha value is -1.16. The zero-order chi connectivity index (χ0) is 10.7. The van der Waals surface area contributed by atoms with Gasteiger partial charge in [-0.15, -0.1) is 0 Å². The highest BCUT2D eigenvalue weighted by molar-refractivity contribution is 9.10. The minimum Gasteiger partial charge on any atom is -0.507 e. The van der Waals surface area contributed by atoms with E-state index in [9.17, 15) is 14.7 Å². The zero-order valence-electron chi connectivity index (χ0n) is 7.53. The summed E-state index contributed by atoms with van der Waals surface area (Å²) in [6.07, 6.45) is 0.484. The average Bonchev–Trinajstić information content (AvgIpc) is 2.16. The van der Waals surface area contributed by atoms with Crippen molar-refractivity contribution in [1.82, 2.24) is 0 Å². The number of phenols is 1. The molecule has 14 heavy (non-hydrogen) atoms. The molecule has 1 N–H and O–H groups in total. The first-order valence-electron chi connectivity index (χ1n) is 4.03. The van der Waals surface area contributed by atoms with Crippen molar-refractivity contribution in [3.8, 4) is 5.75 Å². The summed E-state index contributed by atoms with van der Waals surface area (Å²) in [6.45, 7) is 1.67. The Kier molecular flexibility index (Phi) is 3.41. The number of hydrogen-bond acceptors (Lipinski definition) is 3. The Bertz CT molecular complexity index is 372. The number of phenolic OH excluding ortho intramolecular Hbond substituents is 1. The molecule has 1 aromatic rings. The van der Waals surface area contributed by atoms with Crippen LogP contribution in [0.5, 0.6) is 5.75 Å². The van der Waals surface area contributed by atoms with Crippen molar-refractivity contribution >= 4 is 28.0 Å². The number of aldehydes is 1. The van der Waals surface area contributed by atoms with Crippen LogP contribution in [0, 0.1) is 0 Å². The smallest absolute Gasteiger partial charge is 0.177 e. The fourth-order valence-corrected chi connectivity index (χ4v) is 1.35. The molecule has 0 aliphatic heterocycles. The summed E-state index contributed by atoms with van der Waals surface area (Å²) < 4.78 is 0. The third-order valence-corrected chi connectivity index (χ3v) is 2.24. The molecule has 0 aliphatic carbocycles. The molecule has 1 atom stereocenters. The quantitative estimate of drug-likeness (QED) is 0.513. The van der Waals surface area contributed by atoms with E-state index in [0.717, 1.165) is 0 Å². The van der Waals surface area contributed by atoms with E-state index in [0.29, 0.717) is 6.29 Å². The topological polar surface area (TPSA) is 54.4 Å². The lowest BCUT2D eigenvalue weighted by Gasteiger charge is -2.06. The molecule has 0 radical (unpaired) electrons. The molecule has 0 amide bonds. The molecular formula is C10H9BrO3. The molecule has 3 nitrogen and oxygen atoms in total. The van der Waals surface area contributed by atoms with Crippen LogP contribution in [0.4, 0.5) is 0 Å². The molecular weight excluding hydrogens is 248 g/mol. The summed E-state index contributed by atoms with van der Waals surface area (Å²) in [5, 5.41) is 9.32. The fourth-order valence-electron chi connectivity index (χ4n) is 1.11. The van der Waals surface area contributed by atoms with E-state index < -0.39 is 0 Å². The molecule has 74 valence electrons. The van der Waals surface area contributed by atoms with Crippen molar-refractivity contribution in [2.45, 2.75) is 11.8 Å². The maximum Gasteiger partial charge on any atom is 0.177 e. The van der Waals surface area contributed by atoms with Gasteiger partial charge in [0.05, 0.1) is 10.4 Å². The van der Waals surface area contributed by atoms with Gasteiger partial charge >= 0.3 is 0 Å². The number of ketones is 1. The molecule has 0 heterocycles. The summed E-state index contributed by atoms with van der Waals surface area (Å²) >= 11 is 3.12. The van der Waals surface area contributed by atoms with Gasteiger partial charge in [-0.2, -0.15) is 0 Å². The van der Waals surface area contributed by atoms with Crippen LogP contribution in [-0.4, -0.2) is 22.0 Å². The number of hydrogen-bond donors (Lipinski definition) is 1. The first-order chi connectivity index (χ1) is 6.57. The van der Waals surface area contributed by atoms with E-state index in [1.165, 1.54) is 18.2 Å². The maximum atomic E-state index is 11.6. The number of halogens is 1. The molecule has 0 saturated heterocycles. The summed E-state index contributed by atoms with van der Waals surface area (Å²) in [5.41, 5.74) is 0.285. The van der Waals surface area contributed by atoms with Gasteiger partial charge in [-0.3, -0.25) is 9.59 Å². The standard InChI is InChI=1S/C10H9BrO3/c1-6(11)10(14)7-3-2-4-9(13)8(7)5-12/h2-6,13H,1H3. The predicted octanol–water partition coefficient (Wildman–Crippen LogP) is 2.17.